The molecule has 0 aliphatic carbocycles. The second kappa shape index (κ2) is 7.54. The maximum absolute atomic E-state index is 11.2. The number of nitrogens with two attached hydrogens (primary N) is 1. The number of benzene rings is 1. The van der Waals surface area contributed by atoms with Crippen molar-refractivity contribution in [3.05, 3.63) is 35.4 Å². The van der Waals surface area contributed by atoms with E-state index >= 15 is 0 Å². The first-order chi connectivity index (χ1) is 10.1. The third-order valence-electron chi connectivity index (χ3n) is 4.05. The minimum atomic E-state index is -0.366. The van der Waals surface area contributed by atoms with Crippen molar-refractivity contribution in [1.29, 1.82) is 0 Å². The van der Waals surface area contributed by atoms with Gasteiger partial charge in [-0.25, -0.2) is 0 Å². The molecule has 1 aromatic rings. The quantitative estimate of drug-likeness (QED) is 0.847. The van der Waals surface area contributed by atoms with Gasteiger partial charge in [-0.05, 0) is 24.6 Å². The first-order valence-corrected chi connectivity index (χ1v) is 7.44. The summed E-state index contributed by atoms with van der Waals surface area (Å²) in [7, 11) is 1.74. The number of primary amides is 1. The second-order valence-electron chi connectivity index (χ2n) is 5.68. The monoisotopic (exact) mass is 291 g/mol. The van der Waals surface area contributed by atoms with Gasteiger partial charge in [-0.3, -0.25) is 14.6 Å². The summed E-state index contributed by atoms with van der Waals surface area (Å²) in [6.45, 7) is 8.01. The van der Waals surface area contributed by atoms with Crippen LogP contribution in [0.1, 0.15) is 22.8 Å². The number of nitrogens with zero attached hydrogens (tertiary/aromatic N) is 2. The highest BCUT2D eigenvalue weighted by Crippen LogP contribution is 2.14. The molecule has 1 aromatic carbocycles. The molecule has 1 saturated heterocycles. The topological polar surface area (TPSA) is 58.8 Å². The number of hydrogen-bond donors (Lipinski definition) is 1. The van der Waals surface area contributed by atoms with E-state index < -0.39 is 0 Å². The average Bonchev–Trinajstić information content (AvgIpc) is 2.47. The Morgan fingerprint density at radius 3 is 2.90 bits per heavy atom. The Morgan fingerprint density at radius 1 is 1.43 bits per heavy atom. The molecule has 1 fully saturated rings. The molecule has 1 atom stereocenters. The summed E-state index contributed by atoms with van der Waals surface area (Å²) in [6.07, 6.45) is 0. The maximum Gasteiger partial charge on any atom is 0.248 e. The van der Waals surface area contributed by atoms with E-state index in [2.05, 4.69) is 22.8 Å². The molecular formula is C16H25N3O2. The number of ether oxygens (including phenoxy) is 1. The molecule has 0 radical (unpaired) electrons. The molecule has 0 unspecified atom stereocenters. The van der Waals surface area contributed by atoms with Crippen molar-refractivity contribution in [3.63, 3.8) is 0 Å². The fourth-order valence-electron chi connectivity index (χ4n) is 2.84. The first kappa shape index (κ1) is 15.9. The predicted molar refractivity (Wildman–Crippen MR) is 83.1 cm³/mol. The number of rotatable bonds is 6. The molecular weight excluding hydrogens is 266 g/mol. The normalized spacial score (nSPS) is 20.6. The zero-order valence-electron chi connectivity index (χ0n) is 12.9. The molecule has 1 aliphatic rings. The Morgan fingerprint density at radius 2 is 2.24 bits per heavy atom. The summed E-state index contributed by atoms with van der Waals surface area (Å²) in [4.78, 5) is 16.1. The van der Waals surface area contributed by atoms with Crippen LogP contribution in [0.25, 0.3) is 0 Å². The third-order valence-corrected chi connectivity index (χ3v) is 4.05. The molecule has 0 aromatic heterocycles. The highest BCUT2D eigenvalue weighted by Gasteiger charge is 2.23. The van der Waals surface area contributed by atoms with Gasteiger partial charge in [0.1, 0.15) is 0 Å². The first-order valence-electron chi connectivity index (χ1n) is 7.44. The number of hydrogen-bond acceptors (Lipinski definition) is 4. The molecule has 1 aliphatic heterocycles. The van der Waals surface area contributed by atoms with Gasteiger partial charge in [0.05, 0.1) is 6.61 Å². The highest BCUT2D eigenvalue weighted by molar-refractivity contribution is 5.92. The van der Waals surface area contributed by atoms with Gasteiger partial charge in [-0.2, -0.15) is 0 Å². The average molecular weight is 291 g/mol. The van der Waals surface area contributed by atoms with Crippen LogP contribution in [0.4, 0.5) is 0 Å². The molecule has 5 nitrogen and oxygen atoms in total. The Kier molecular flexibility index (Phi) is 5.73. The predicted octanol–water partition coefficient (Wildman–Crippen LogP) is 0.938. The van der Waals surface area contributed by atoms with Gasteiger partial charge in [0.2, 0.25) is 5.91 Å². The van der Waals surface area contributed by atoms with Gasteiger partial charge in [-0.1, -0.05) is 12.1 Å². The van der Waals surface area contributed by atoms with E-state index in [-0.39, 0.29) is 5.91 Å². The fourth-order valence-corrected chi connectivity index (χ4v) is 2.84. The molecule has 1 heterocycles. The summed E-state index contributed by atoms with van der Waals surface area (Å²) >= 11 is 0. The molecule has 21 heavy (non-hydrogen) atoms. The Balaban J connectivity index is 1.90. The van der Waals surface area contributed by atoms with Crippen molar-refractivity contribution in [1.82, 2.24) is 9.80 Å². The summed E-state index contributed by atoms with van der Waals surface area (Å²) in [5, 5.41) is 0. The SMILES string of the molecule is COCCN1CCN(Cc2cccc(C(N)=O)c2)C[C@H]1C. The number of piperazine rings is 1. The van der Waals surface area contributed by atoms with Crippen LogP contribution in [0.5, 0.6) is 0 Å². The number of carbonyl (C=O) groups is 1. The van der Waals surface area contributed by atoms with E-state index in [1.807, 2.05) is 12.1 Å². The second-order valence-corrected chi connectivity index (χ2v) is 5.68. The lowest BCUT2D eigenvalue weighted by molar-refractivity contribution is 0.0557. The van der Waals surface area contributed by atoms with Crippen LogP contribution < -0.4 is 5.73 Å². The smallest absolute Gasteiger partial charge is 0.248 e. The minimum Gasteiger partial charge on any atom is -0.383 e. The highest BCUT2D eigenvalue weighted by atomic mass is 16.5. The van der Waals surface area contributed by atoms with Crippen LogP contribution in [0.15, 0.2) is 24.3 Å². The zero-order valence-corrected chi connectivity index (χ0v) is 12.9. The van der Waals surface area contributed by atoms with Gasteiger partial charge in [0.15, 0.2) is 0 Å². The number of amides is 1. The molecule has 0 spiro atoms. The van der Waals surface area contributed by atoms with Crippen LogP contribution in [0.3, 0.4) is 0 Å². The van der Waals surface area contributed by atoms with E-state index in [1.165, 1.54) is 0 Å². The van der Waals surface area contributed by atoms with Crippen LogP contribution >= 0.6 is 0 Å². The lowest BCUT2D eigenvalue weighted by Gasteiger charge is -2.39. The summed E-state index contributed by atoms with van der Waals surface area (Å²) in [5.74, 6) is -0.366. The molecule has 5 heteroatoms. The van der Waals surface area contributed by atoms with Crippen LogP contribution in [-0.2, 0) is 11.3 Å². The van der Waals surface area contributed by atoms with E-state index in [1.54, 1.807) is 13.2 Å². The van der Waals surface area contributed by atoms with Gasteiger partial charge >= 0.3 is 0 Å². The molecule has 2 N–H and O–H groups in total. The maximum atomic E-state index is 11.2. The number of carbonyl (C=O) groups excluding carboxylic acids is 1. The molecule has 1 amide bonds. The third kappa shape index (κ3) is 4.52. The molecule has 0 saturated carbocycles. The Bertz CT molecular complexity index is 478. The Hall–Kier alpha value is -1.43. The van der Waals surface area contributed by atoms with E-state index in [4.69, 9.17) is 10.5 Å². The lowest BCUT2D eigenvalue weighted by atomic mass is 10.1. The molecule has 2 rings (SSSR count). The largest absolute Gasteiger partial charge is 0.383 e. The van der Waals surface area contributed by atoms with Crippen molar-refractivity contribution < 1.29 is 9.53 Å². The van der Waals surface area contributed by atoms with Crippen LogP contribution in [0.2, 0.25) is 0 Å². The van der Waals surface area contributed by atoms with Gasteiger partial charge < -0.3 is 10.5 Å². The summed E-state index contributed by atoms with van der Waals surface area (Å²) < 4.78 is 5.15. The molecule has 0 bridgehead atoms. The van der Waals surface area contributed by atoms with Gasteiger partial charge in [0, 0.05) is 51.4 Å². The summed E-state index contributed by atoms with van der Waals surface area (Å²) in [5.41, 5.74) is 7.06. The van der Waals surface area contributed by atoms with Crippen LogP contribution in [-0.4, -0.2) is 61.6 Å². The van der Waals surface area contributed by atoms with Crippen LogP contribution in [0, 0.1) is 0 Å². The van der Waals surface area contributed by atoms with E-state index in [0.29, 0.717) is 11.6 Å². The number of methoxy groups -OCH3 is 1. The minimum absolute atomic E-state index is 0.366. The Labute approximate surface area is 126 Å². The molecule has 116 valence electrons. The van der Waals surface area contributed by atoms with Crippen molar-refractivity contribution in [2.24, 2.45) is 5.73 Å². The summed E-state index contributed by atoms with van der Waals surface area (Å²) in [6, 6.07) is 8.12. The van der Waals surface area contributed by atoms with Gasteiger partial charge in [0.25, 0.3) is 0 Å². The zero-order chi connectivity index (χ0) is 15.2. The van der Waals surface area contributed by atoms with Crippen molar-refractivity contribution >= 4 is 5.91 Å². The standard InChI is InChI=1S/C16H25N3O2/c1-13-11-18(6-7-19(13)8-9-21-2)12-14-4-3-5-15(10-14)16(17)20/h3-5,10,13H,6-9,11-12H2,1-2H3,(H2,17,20)/t13-/m1/s1. The van der Waals surface area contributed by atoms with Gasteiger partial charge in [-0.15, -0.1) is 0 Å². The van der Waals surface area contributed by atoms with E-state index in [0.717, 1.165) is 44.9 Å². The van der Waals surface area contributed by atoms with Crippen molar-refractivity contribution in [2.75, 3.05) is 39.9 Å². The van der Waals surface area contributed by atoms with Crippen molar-refractivity contribution in [2.45, 2.75) is 19.5 Å². The lowest BCUT2D eigenvalue weighted by Crippen LogP contribution is -2.52. The van der Waals surface area contributed by atoms with E-state index in [9.17, 15) is 4.79 Å². The fraction of sp³-hybridized carbons (Fsp3) is 0.562. The van der Waals surface area contributed by atoms with Crippen molar-refractivity contribution in [3.8, 4) is 0 Å².